The Kier molecular flexibility index (Phi) is 6.50. The average Bonchev–Trinajstić information content (AvgIpc) is 2.54. The molecule has 0 fully saturated rings. The van der Waals surface area contributed by atoms with Crippen molar-refractivity contribution in [3.05, 3.63) is 65.7 Å². The van der Waals surface area contributed by atoms with E-state index in [0.29, 0.717) is 12.1 Å². The maximum Gasteiger partial charge on any atom is 0.446 e. The lowest BCUT2D eigenvalue weighted by Gasteiger charge is -2.23. The molecule has 1 atom stereocenters. The maximum absolute atomic E-state index is 12.4. The van der Waals surface area contributed by atoms with Crippen molar-refractivity contribution in [1.29, 1.82) is 0 Å². The molecule has 0 aliphatic rings. The highest BCUT2D eigenvalue weighted by Crippen LogP contribution is 2.36. The van der Waals surface area contributed by atoms with E-state index < -0.39 is 5.51 Å². The molecule has 0 aliphatic heterocycles. The number of amides is 1. The van der Waals surface area contributed by atoms with Crippen LogP contribution in [0.4, 0.5) is 13.2 Å². The Labute approximate surface area is 149 Å². The zero-order valence-electron chi connectivity index (χ0n) is 13.9. The SMILES string of the molecule is CN(C)C[C@H](NC(=O)c1ccc(SC(F)(F)F)cc1)c1ccccc1. The highest BCUT2D eigenvalue weighted by Gasteiger charge is 2.29. The summed E-state index contributed by atoms with van der Waals surface area (Å²) in [7, 11) is 3.82. The van der Waals surface area contributed by atoms with E-state index in [4.69, 9.17) is 0 Å². The van der Waals surface area contributed by atoms with Gasteiger partial charge < -0.3 is 10.2 Å². The third-order valence-electron chi connectivity index (χ3n) is 3.41. The number of nitrogens with one attached hydrogen (secondary N) is 1. The molecule has 0 spiro atoms. The number of carbonyl (C=O) groups excluding carboxylic acids is 1. The first-order chi connectivity index (χ1) is 11.7. The van der Waals surface area contributed by atoms with Crippen LogP contribution in [0.15, 0.2) is 59.5 Å². The Balaban J connectivity index is 2.10. The molecule has 1 N–H and O–H groups in total. The number of halogens is 3. The van der Waals surface area contributed by atoms with E-state index in [1.807, 2.05) is 49.3 Å². The van der Waals surface area contributed by atoms with Crippen molar-refractivity contribution in [3.63, 3.8) is 0 Å². The number of likely N-dealkylation sites (N-methyl/N-ethyl adjacent to an activating group) is 1. The van der Waals surface area contributed by atoms with E-state index in [1.165, 1.54) is 24.3 Å². The fourth-order valence-electron chi connectivity index (χ4n) is 2.33. The smallest absolute Gasteiger partial charge is 0.344 e. The quantitative estimate of drug-likeness (QED) is 0.770. The summed E-state index contributed by atoms with van der Waals surface area (Å²) in [5, 5.41) is 2.94. The van der Waals surface area contributed by atoms with Crippen LogP contribution in [-0.4, -0.2) is 37.0 Å². The maximum atomic E-state index is 12.4. The summed E-state index contributed by atoms with van der Waals surface area (Å²) in [6, 6.07) is 14.7. The number of nitrogens with zero attached hydrogens (tertiary/aromatic N) is 1. The minimum absolute atomic E-state index is 0.0527. The van der Waals surface area contributed by atoms with Gasteiger partial charge in [0.2, 0.25) is 0 Å². The molecule has 0 radical (unpaired) electrons. The lowest BCUT2D eigenvalue weighted by Crippen LogP contribution is -2.35. The molecule has 1 amide bonds. The summed E-state index contributed by atoms with van der Waals surface area (Å²) in [6.45, 7) is 0.609. The van der Waals surface area contributed by atoms with E-state index in [2.05, 4.69) is 5.32 Å². The van der Waals surface area contributed by atoms with Gasteiger partial charge in [-0.25, -0.2) is 0 Å². The fraction of sp³-hybridized carbons (Fsp3) is 0.278. The summed E-state index contributed by atoms with van der Waals surface area (Å²) in [4.78, 5) is 14.5. The number of alkyl halides is 3. The molecule has 7 heteroatoms. The molecule has 134 valence electrons. The number of thioether (sulfide) groups is 1. The number of benzene rings is 2. The molecule has 0 heterocycles. The normalized spacial score (nSPS) is 12.9. The molecule has 0 bridgehead atoms. The van der Waals surface area contributed by atoms with Gasteiger partial charge in [-0.2, -0.15) is 13.2 Å². The molecular formula is C18H19F3N2OS. The van der Waals surface area contributed by atoms with Gasteiger partial charge >= 0.3 is 5.51 Å². The van der Waals surface area contributed by atoms with Gasteiger partial charge in [0, 0.05) is 17.0 Å². The minimum atomic E-state index is -4.34. The Morgan fingerprint density at radius 1 is 1.08 bits per heavy atom. The third-order valence-corrected chi connectivity index (χ3v) is 4.14. The Bertz CT molecular complexity index is 688. The summed E-state index contributed by atoms with van der Waals surface area (Å²) in [5.74, 6) is -0.320. The second-order valence-corrected chi connectivity index (χ2v) is 6.91. The van der Waals surface area contributed by atoms with E-state index in [0.717, 1.165) is 5.56 Å². The van der Waals surface area contributed by atoms with Crippen molar-refractivity contribution >= 4 is 17.7 Å². The Morgan fingerprint density at radius 3 is 2.20 bits per heavy atom. The first-order valence-electron chi connectivity index (χ1n) is 7.61. The number of hydrogen-bond acceptors (Lipinski definition) is 3. The topological polar surface area (TPSA) is 32.3 Å². The average molecular weight is 368 g/mol. The number of rotatable bonds is 6. The third kappa shape index (κ3) is 6.43. The van der Waals surface area contributed by atoms with Gasteiger partial charge in [-0.15, -0.1) is 0 Å². The van der Waals surface area contributed by atoms with Crippen molar-refractivity contribution in [1.82, 2.24) is 10.2 Å². The highest BCUT2D eigenvalue weighted by atomic mass is 32.2. The van der Waals surface area contributed by atoms with Gasteiger partial charge in [0.25, 0.3) is 5.91 Å². The molecular weight excluding hydrogens is 349 g/mol. The predicted molar refractivity (Wildman–Crippen MR) is 93.6 cm³/mol. The molecule has 0 aromatic heterocycles. The number of carbonyl (C=O) groups is 1. The van der Waals surface area contributed by atoms with Gasteiger partial charge in [-0.05, 0) is 55.7 Å². The van der Waals surface area contributed by atoms with Gasteiger partial charge in [0.05, 0.1) is 6.04 Å². The van der Waals surface area contributed by atoms with Gasteiger partial charge in [-0.3, -0.25) is 4.79 Å². The van der Waals surface area contributed by atoms with Crippen molar-refractivity contribution in [3.8, 4) is 0 Å². The standard InChI is InChI=1S/C18H19F3N2OS/c1-23(2)12-16(13-6-4-3-5-7-13)22-17(24)14-8-10-15(11-9-14)25-18(19,20)21/h3-11,16H,12H2,1-2H3,(H,22,24)/t16-/m0/s1. The number of hydrogen-bond donors (Lipinski definition) is 1. The summed E-state index contributed by atoms with van der Waals surface area (Å²) in [6.07, 6.45) is 0. The van der Waals surface area contributed by atoms with Crippen molar-refractivity contribution < 1.29 is 18.0 Å². The summed E-state index contributed by atoms with van der Waals surface area (Å²) >= 11 is -0.198. The van der Waals surface area contributed by atoms with Crippen LogP contribution in [0.25, 0.3) is 0 Å². The van der Waals surface area contributed by atoms with Crippen LogP contribution in [-0.2, 0) is 0 Å². The predicted octanol–water partition coefficient (Wildman–Crippen LogP) is 4.33. The van der Waals surface area contributed by atoms with Crippen LogP contribution in [0.2, 0.25) is 0 Å². The zero-order valence-corrected chi connectivity index (χ0v) is 14.7. The van der Waals surface area contributed by atoms with Gasteiger partial charge in [0.15, 0.2) is 0 Å². The Hall–Kier alpha value is -1.99. The lowest BCUT2D eigenvalue weighted by molar-refractivity contribution is -0.0328. The zero-order chi connectivity index (χ0) is 18.4. The molecule has 0 saturated carbocycles. The monoisotopic (exact) mass is 368 g/mol. The second kappa shape index (κ2) is 8.40. The molecule has 0 unspecified atom stereocenters. The fourth-order valence-corrected chi connectivity index (χ4v) is 2.87. The van der Waals surface area contributed by atoms with Crippen LogP contribution in [0.5, 0.6) is 0 Å². The van der Waals surface area contributed by atoms with Crippen LogP contribution >= 0.6 is 11.8 Å². The first-order valence-corrected chi connectivity index (χ1v) is 8.42. The summed E-state index contributed by atoms with van der Waals surface area (Å²) in [5.41, 5.74) is -3.05. The first kappa shape index (κ1) is 19.3. The van der Waals surface area contributed by atoms with E-state index in [1.54, 1.807) is 0 Å². The highest BCUT2D eigenvalue weighted by molar-refractivity contribution is 8.00. The molecule has 2 aromatic carbocycles. The van der Waals surface area contributed by atoms with Crippen LogP contribution < -0.4 is 5.32 Å². The van der Waals surface area contributed by atoms with Gasteiger partial charge in [0.1, 0.15) is 0 Å². The van der Waals surface area contributed by atoms with Crippen LogP contribution in [0.1, 0.15) is 22.0 Å². The summed E-state index contributed by atoms with van der Waals surface area (Å²) < 4.78 is 37.1. The molecule has 25 heavy (non-hydrogen) atoms. The lowest BCUT2D eigenvalue weighted by atomic mass is 10.1. The van der Waals surface area contributed by atoms with Crippen molar-refractivity contribution in [2.75, 3.05) is 20.6 Å². The molecule has 2 aromatic rings. The van der Waals surface area contributed by atoms with E-state index in [-0.39, 0.29) is 28.6 Å². The largest absolute Gasteiger partial charge is 0.446 e. The molecule has 0 saturated heterocycles. The van der Waals surface area contributed by atoms with Crippen LogP contribution in [0, 0.1) is 0 Å². The van der Waals surface area contributed by atoms with Crippen molar-refractivity contribution in [2.24, 2.45) is 0 Å². The second-order valence-electron chi connectivity index (χ2n) is 5.77. The molecule has 2 rings (SSSR count). The minimum Gasteiger partial charge on any atom is -0.344 e. The van der Waals surface area contributed by atoms with Crippen molar-refractivity contribution in [2.45, 2.75) is 16.4 Å². The Morgan fingerprint density at radius 2 is 1.68 bits per heavy atom. The molecule has 3 nitrogen and oxygen atoms in total. The van der Waals surface area contributed by atoms with E-state index >= 15 is 0 Å². The van der Waals surface area contributed by atoms with Crippen LogP contribution in [0.3, 0.4) is 0 Å². The van der Waals surface area contributed by atoms with E-state index in [9.17, 15) is 18.0 Å². The molecule has 0 aliphatic carbocycles. The van der Waals surface area contributed by atoms with Gasteiger partial charge in [-0.1, -0.05) is 30.3 Å².